The maximum absolute atomic E-state index is 14.1. The van der Waals surface area contributed by atoms with E-state index in [-0.39, 0.29) is 30.4 Å². The molecule has 5 rings (SSSR count). The fraction of sp³-hybridized carbons (Fsp3) is 0.212. The van der Waals surface area contributed by atoms with Crippen molar-refractivity contribution in [2.45, 2.75) is 33.4 Å². The van der Waals surface area contributed by atoms with Crippen LogP contribution in [0.3, 0.4) is 0 Å². The number of esters is 2. The number of carbonyl (C=O) groups is 2. The first-order valence-corrected chi connectivity index (χ1v) is 15.9. The van der Waals surface area contributed by atoms with Gasteiger partial charge in [-0.2, -0.15) is 0 Å². The van der Waals surface area contributed by atoms with Gasteiger partial charge in [-0.25, -0.2) is 14.6 Å². The van der Waals surface area contributed by atoms with Gasteiger partial charge in [0.05, 0.1) is 39.6 Å². The highest BCUT2D eigenvalue weighted by Crippen LogP contribution is 2.35. The Morgan fingerprint density at radius 2 is 1.64 bits per heavy atom. The number of rotatable bonds is 9. The zero-order chi connectivity index (χ0) is 32.2. The van der Waals surface area contributed by atoms with Crippen LogP contribution in [-0.2, 0) is 20.9 Å². The highest BCUT2D eigenvalue weighted by molar-refractivity contribution is 7.07. The number of ether oxygens (including phenoxy) is 3. The topological polar surface area (TPSA) is 96.2 Å². The first-order chi connectivity index (χ1) is 21.6. The van der Waals surface area contributed by atoms with E-state index in [0.29, 0.717) is 47.5 Å². The Kier molecular flexibility index (Phi) is 10.1. The van der Waals surface area contributed by atoms with Crippen LogP contribution in [0.1, 0.15) is 53.9 Å². The van der Waals surface area contributed by atoms with Gasteiger partial charge < -0.3 is 14.2 Å². The van der Waals surface area contributed by atoms with E-state index in [1.165, 1.54) is 4.57 Å². The standard InChI is InChI=1S/C33H27Cl3N2O6S/c1-4-42-31(40)20-12-10-19(11-13-20)17-44-29-21(14-22(34)16-25(29)36)15-26-30(39)38-28(23-8-6-7-9-24(23)35)27(32(41)43-5-2)18(3)37-33(38)45-26/h6-16,28H,4-5,17H2,1-3H3/b26-15-/t28-/m1/s1. The predicted octanol–water partition coefficient (Wildman–Crippen LogP) is 6.51. The van der Waals surface area contributed by atoms with Gasteiger partial charge in [0.15, 0.2) is 4.80 Å². The Bertz CT molecular complexity index is 2000. The van der Waals surface area contributed by atoms with Gasteiger partial charge in [0.2, 0.25) is 0 Å². The van der Waals surface area contributed by atoms with Crippen LogP contribution in [0.5, 0.6) is 5.75 Å². The molecule has 0 aliphatic carbocycles. The van der Waals surface area contributed by atoms with Gasteiger partial charge in [-0.05, 0) is 68.3 Å². The molecule has 0 saturated heterocycles. The lowest BCUT2D eigenvalue weighted by atomic mass is 9.96. The molecule has 8 nitrogen and oxygen atoms in total. The number of allylic oxidation sites excluding steroid dienone is 1. The van der Waals surface area contributed by atoms with Crippen LogP contribution in [0.15, 0.2) is 81.7 Å². The summed E-state index contributed by atoms with van der Waals surface area (Å²) in [6.45, 7) is 5.72. The molecule has 0 unspecified atom stereocenters. The van der Waals surface area contributed by atoms with E-state index in [0.717, 1.165) is 16.9 Å². The molecular weight excluding hydrogens is 659 g/mol. The van der Waals surface area contributed by atoms with E-state index in [1.54, 1.807) is 87.5 Å². The Morgan fingerprint density at radius 1 is 0.956 bits per heavy atom. The largest absolute Gasteiger partial charge is 0.487 e. The molecule has 2 heterocycles. The van der Waals surface area contributed by atoms with Crippen molar-refractivity contribution in [3.05, 3.63) is 129 Å². The lowest BCUT2D eigenvalue weighted by Gasteiger charge is -2.25. The third-order valence-corrected chi connectivity index (χ3v) is 8.71. The van der Waals surface area contributed by atoms with Crippen LogP contribution in [0, 0.1) is 0 Å². The van der Waals surface area contributed by atoms with Gasteiger partial charge in [-0.3, -0.25) is 9.36 Å². The summed E-state index contributed by atoms with van der Waals surface area (Å²) in [5, 5.41) is 0.986. The molecule has 0 N–H and O–H groups in total. The van der Waals surface area contributed by atoms with Gasteiger partial charge in [-0.15, -0.1) is 0 Å². The number of thiazole rings is 1. The molecule has 0 amide bonds. The number of hydrogen-bond acceptors (Lipinski definition) is 8. The first kappa shape index (κ1) is 32.5. The lowest BCUT2D eigenvalue weighted by Crippen LogP contribution is -2.40. The van der Waals surface area contributed by atoms with Crippen LogP contribution < -0.4 is 19.6 Å². The SMILES string of the molecule is CCOC(=O)C1=C(C)N=c2s/c(=C\c3cc(Cl)cc(Cl)c3OCc3ccc(C(=O)OCC)cc3)c(=O)n2[C@@H]1c1ccccc1Cl. The van der Waals surface area contributed by atoms with Crippen molar-refractivity contribution in [3.8, 4) is 5.75 Å². The van der Waals surface area contributed by atoms with Gasteiger partial charge >= 0.3 is 11.9 Å². The summed E-state index contributed by atoms with van der Waals surface area (Å²) in [6.07, 6.45) is 1.63. The summed E-state index contributed by atoms with van der Waals surface area (Å²) < 4.78 is 18.3. The third-order valence-electron chi connectivity index (χ3n) is 6.89. The maximum Gasteiger partial charge on any atom is 0.338 e. The molecule has 1 aliphatic rings. The summed E-state index contributed by atoms with van der Waals surface area (Å²) in [5.41, 5.74) is 2.50. The number of halogens is 3. The van der Waals surface area contributed by atoms with Gasteiger partial charge in [-0.1, -0.05) is 76.5 Å². The van der Waals surface area contributed by atoms with E-state index in [2.05, 4.69) is 4.99 Å². The van der Waals surface area contributed by atoms with Crippen LogP contribution >= 0.6 is 46.1 Å². The number of nitrogens with zero attached hydrogens (tertiary/aromatic N) is 2. The van der Waals surface area contributed by atoms with Gasteiger partial charge in [0.25, 0.3) is 5.56 Å². The molecule has 1 aromatic heterocycles. The second-order valence-corrected chi connectivity index (χ2v) is 12.1. The van der Waals surface area contributed by atoms with Crippen molar-refractivity contribution < 1.29 is 23.8 Å². The molecule has 1 atom stereocenters. The van der Waals surface area contributed by atoms with E-state index in [1.807, 2.05) is 0 Å². The predicted molar refractivity (Wildman–Crippen MR) is 175 cm³/mol. The van der Waals surface area contributed by atoms with Crippen molar-refractivity contribution in [1.82, 2.24) is 4.57 Å². The molecule has 0 radical (unpaired) electrons. The minimum atomic E-state index is -0.854. The molecule has 4 aromatic rings. The minimum Gasteiger partial charge on any atom is -0.487 e. The zero-order valence-electron chi connectivity index (χ0n) is 24.4. The fourth-order valence-electron chi connectivity index (χ4n) is 4.87. The summed E-state index contributed by atoms with van der Waals surface area (Å²) in [5.74, 6) is -0.672. The summed E-state index contributed by atoms with van der Waals surface area (Å²) in [4.78, 5) is 44.2. The first-order valence-electron chi connectivity index (χ1n) is 13.9. The van der Waals surface area contributed by atoms with Gasteiger partial charge in [0, 0.05) is 15.6 Å². The molecule has 0 fully saturated rings. The number of carbonyl (C=O) groups excluding carboxylic acids is 2. The molecule has 0 spiro atoms. The average molecular weight is 686 g/mol. The highest BCUT2D eigenvalue weighted by atomic mass is 35.5. The second-order valence-electron chi connectivity index (χ2n) is 9.84. The van der Waals surface area contributed by atoms with Crippen LogP contribution in [0.25, 0.3) is 6.08 Å². The Balaban J connectivity index is 1.57. The van der Waals surface area contributed by atoms with E-state index >= 15 is 0 Å². The summed E-state index contributed by atoms with van der Waals surface area (Å²) >= 11 is 20.7. The average Bonchev–Trinajstić information content (AvgIpc) is 3.30. The maximum atomic E-state index is 14.1. The Labute approximate surface area is 277 Å². The number of benzene rings is 3. The summed E-state index contributed by atoms with van der Waals surface area (Å²) in [7, 11) is 0. The molecule has 3 aromatic carbocycles. The molecule has 232 valence electrons. The highest BCUT2D eigenvalue weighted by Gasteiger charge is 2.34. The molecule has 0 saturated carbocycles. The van der Waals surface area contributed by atoms with E-state index < -0.39 is 23.5 Å². The molecule has 0 bridgehead atoms. The van der Waals surface area contributed by atoms with Crippen LogP contribution in [-0.4, -0.2) is 29.7 Å². The summed E-state index contributed by atoms with van der Waals surface area (Å²) in [6, 6.07) is 16.2. The quantitative estimate of drug-likeness (QED) is 0.186. The lowest BCUT2D eigenvalue weighted by molar-refractivity contribution is -0.139. The van der Waals surface area contributed by atoms with Crippen molar-refractivity contribution in [2.75, 3.05) is 13.2 Å². The normalized spacial score (nSPS) is 14.5. The van der Waals surface area contributed by atoms with Crippen molar-refractivity contribution in [2.24, 2.45) is 4.99 Å². The zero-order valence-corrected chi connectivity index (χ0v) is 27.5. The molecule has 45 heavy (non-hydrogen) atoms. The Morgan fingerprint density at radius 3 is 2.33 bits per heavy atom. The van der Waals surface area contributed by atoms with E-state index in [4.69, 9.17) is 49.0 Å². The molecule has 1 aliphatic heterocycles. The molecule has 12 heteroatoms. The minimum absolute atomic E-state index is 0.126. The number of hydrogen-bond donors (Lipinski definition) is 0. The third kappa shape index (κ3) is 6.87. The Hall–Kier alpha value is -3.89. The number of aromatic nitrogens is 1. The van der Waals surface area contributed by atoms with Crippen molar-refractivity contribution >= 4 is 64.2 Å². The van der Waals surface area contributed by atoms with Crippen LogP contribution in [0.2, 0.25) is 15.1 Å². The van der Waals surface area contributed by atoms with Gasteiger partial charge in [0.1, 0.15) is 18.4 Å². The fourth-order valence-corrected chi connectivity index (χ4v) is 6.71. The van der Waals surface area contributed by atoms with Crippen molar-refractivity contribution in [3.63, 3.8) is 0 Å². The number of fused-ring (bicyclic) bond motifs is 1. The second kappa shape index (κ2) is 14.0. The van der Waals surface area contributed by atoms with Crippen molar-refractivity contribution in [1.29, 1.82) is 0 Å². The van der Waals surface area contributed by atoms with Crippen LogP contribution in [0.4, 0.5) is 0 Å². The van der Waals surface area contributed by atoms with E-state index in [9.17, 15) is 14.4 Å². The smallest absolute Gasteiger partial charge is 0.338 e. The monoisotopic (exact) mass is 684 g/mol. The molecular formula is C33H27Cl3N2O6S.